The fraction of sp³-hybridized carbons (Fsp3) is 0.909. The molecule has 0 radical (unpaired) electrons. The van der Waals surface area contributed by atoms with Gasteiger partial charge in [-0.25, -0.2) is 4.79 Å². The zero-order valence-electron chi connectivity index (χ0n) is 10.0. The second-order valence-electron chi connectivity index (χ2n) is 4.87. The Bertz CT molecular complexity index is 213. The van der Waals surface area contributed by atoms with Gasteiger partial charge in [-0.15, -0.1) is 0 Å². The predicted molar refractivity (Wildman–Crippen MR) is 61.3 cm³/mol. The first kappa shape index (κ1) is 14.4. The minimum Gasteiger partial charge on any atom is -0.479 e. The van der Waals surface area contributed by atoms with E-state index < -0.39 is 17.0 Å². The molecule has 0 aromatic heterocycles. The van der Waals surface area contributed by atoms with Crippen LogP contribution in [0.15, 0.2) is 0 Å². The first-order valence-electron chi connectivity index (χ1n) is 5.57. The fourth-order valence-electron chi connectivity index (χ4n) is 1.49. The minimum absolute atomic E-state index is 0.577. The van der Waals surface area contributed by atoms with Crippen LogP contribution in [0.3, 0.4) is 0 Å². The highest BCUT2D eigenvalue weighted by atomic mass is 16.4. The molecule has 4 nitrogen and oxygen atoms in total. The summed E-state index contributed by atoms with van der Waals surface area (Å²) in [5.74, 6) is -1.14. The normalized spacial score (nSPS) is 12.9. The van der Waals surface area contributed by atoms with Crippen LogP contribution in [0.5, 0.6) is 0 Å². The van der Waals surface area contributed by atoms with Crippen LogP contribution in [-0.2, 0) is 4.79 Å². The van der Waals surface area contributed by atoms with Crippen molar-refractivity contribution in [3.63, 3.8) is 0 Å². The molecule has 0 amide bonds. The summed E-state index contributed by atoms with van der Waals surface area (Å²) < 4.78 is 0. The van der Waals surface area contributed by atoms with Gasteiger partial charge in [-0.05, 0) is 6.42 Å². The van der Waals surface area contributed by atoms with Gasteiger partial charge in [0.25, 0.3) is 0 Å². The Morgan fingerprint density at radius 1 is 1.20 bits per heavy atom. The largest absolute Gasteiger partial charge is 0.479 e. The zero-order chi connectivity index (χ0) is 12.1. The van der Waals surface area contributed by atoms with E-state index in [9.17, 15) is 4.79 Å². The molecule has 0 saturated heterocycles. The molecule has 0 rings (SSSR count). The van der Waals surface area contributed by atoms with Crippen molar-refractivity contribution < 1.29 is 9.90 Å². The van der Waals surface area contributed by atoms with E-state index in [2.05, 4.69) is 6.92 Å². The van der Waals surface area contributed by atoms with E-state index in [1.165, 1.54) is 6.42 Å². The third-order valence-electron chi connectivity index (χ3n) is 3.13. The predicted octanol–water partition coefficient (Wildman–Crippen LogP) is 1.68. The number of rotatable bonds is 7. The standard InChI is InChI=1S/C11H24N2O2/c1-4-5-6-7-8-10(2,3)11(12,13)9(14)15/h4-8,12-13H2,1-3H3,(H,14,15). The van der Waals surface area contributed by atoms with E-state index in [4.69, 9.17) is 16.6 Å². The molecule has 15 heavy (non-hydrogen) atoms. The number of carbonyl (C=O) groups is 1. The Labute approximate surface area is 92.0 Å². The van der Waals surface area contributed by atoms with Crippen LogP contribution in [0.1, 0.15) is 52.9 Å². The molecule has 0 aliphatic rings. The maximum absolute atomic E-state index is 10.9. The number of unbranched alkanes of at least 4 members (excludes halogenated alkanes) is 3. The van der Waals surface area contributed by atoms with Crippen LogP contribution in [0.25, 0.3) is 0 Å². The third-order valence-corrected chi connectivity index (χ3v) is 3.13. The van der Waals surface area contributed by atoms with Crippen molar-refractivity contribution in [3.8, 4) is 0 Å². The monoisotopic (exact) mass is 216 g/mol. The van der Waals surface area contributed by atoms with Crippen LogP contribution in [0, 0.1) is 5.41 Å². The van der Waals surface area contributed by atoms with E-state index in [0.717, 1.165) is 25.7 Å². The number of hydrogen-bond donors (Lipinski definition) is 3. The van der Waals surface area contributed by atoms with Crippen molar-refractivity contribution in [2.75, 3.05) is 0 Å². The molecular weight excluding hydrogens is 192 g/mol. The topological polar surface area (TPSA) is 89.3 Å². The lowest BCUT2D eigenvalue weighted by Gasteiger charge is -2.37. The van der Waals surface area contributed by atoms with Crippen molar-refractivity contribution in [1.29, 1.82) is 0 Å². The van der Waals surface area contributed by atoms with Gasteiger partial charge in [-0.3, -0.25) is 0 Å². The molecule has 0 fully saturated rings. The van der Waals surface area contributed by atoms with E-state index in [-0.39, 0.29) is 0 Å². The zero-order valence-corrected chi connectivity index (χ0v) is 10.0. The summed E-state index contributed by atoms with van der Waals surface area (Å²) in [5.41, 5.74) is 9.04. The van der Waals surface area contributed by atoms with Gasteiger partial charge >= 0.3 is 5.97 Å². The summed E-state index contributed by atoms with van der Waals surface area (Å²) in [6.07, 6.45) is 5.16. The van der Waals surface area contributed by atoms with E-state index in [1.807, 2.05) is 13.8 Å². The number of hydrogen-bond acceptors (Lipinski definition) is 3. The van der Waals surface area contributed by atoms with Crippen molar-refractivity contribution in [2.24, 2.45) is 16.9 Å². The molecule has 90 valence electrons. The second kappa shape index (κ2) is 5.47. The highest BCUT2D eigenvalue weighted by Crippen LogP contribution is 2.31. The quantitative estimate of drug-likeness (QED) is 0.446. The van der Waals surface area contributed by atoms with Gasteiger partial charge in [0, 0.05) is 5.41 Å². The molecule has 0 aliphatic heterocycles. The van der Waals surface area contributed by atoms with Gasteiger partial charge in [-0.1, -0.05) is 46.5 Å². The van der Waals surface area contributed by atoms with Gasteiger partial charge in [0.2, 0.25) is 0 Å². The molecule has 0 saturated carbocycles. The average molecular weight is 216 g/mol. The highest BCUT2D eigenvalue weighted by Gasteiger charge is 2.44. The highest BCUT2D eigenvalue weighted by molar-refractivity contribution is 5.78. The number of carboxylic acid groups (broad SMARTS) is 1. The third kappa shape index (κ3) is 3.80. The summed E-state index contributed by atoms with van der Waals surface area (Å²) in [7, 11) is 0. The SMILES string of the molecule is CCCCCCC(C)(C)C(N)(N)C(=O)O. The van der Waals surface area contributed by atoms with Crippen molar-refractivity contribution >= 4 is 5.97 Å². The van der Waals surface area contributed by atoms with Gasteiger partial charge in [0.05, 0.1) is 0 Å². The molecule has 0 aromatic carbocycles. The van der Waals surface area contributed by atoms with Crippen LogP contribution in [-0.4, -0.2) is 16.7 Å². The van der Waals surface area contributed by atoms with Gasteiger partial charge in [0.1, 0.15) is 0 Å². The van der Waals surface area contributed by atoms with E-state index in [1.54, 1.807) is 0 Å². The fourth-order valence-corrected chi connectivity index (χ4v) is 1.49. The molecular formula is C11H24N2O2. The molecule has 0 bridgehead atoms. The van der Waals surface area contributed by atoms with Crippen LogP contribution in [0.4, 0.5) is 0 Å². The number of carboxylic acids is 1. The molecule has 0 spiro atoms. The molecule has 5 N–H and O–H groups in total. The van der Waals surface area contributed by atoms with Crippen molar-refractivity contribution in [1.82, 2.24) is 0 Å². The molecule has 0 atom stereocenters. The summed E-state index contributed by atoms with van der Waals surface area (Å²) >= 11 is 0. The molecule has 0 heterocycles. The lowest BCUT2D eigenvalue weighted by molar-refractivity contribution is -0.148. The summed E-state index contributed by atoms with van der Waals surface area (Å²) in [6, 6.07) is 0. The van der Waals surface area contributed by atoms with Gasteiger partial charge in [-0.2, -0.15) is 0 Å². The van der Waals surface area contributed by atoms with Crippen LogP contribution < -0.4 is 11.5 Å². The van der Waals surface area contributed by atoms with Crippen LogP contribution >= 0.6 is 0 Å². The Balaban J connectivity index is 4.22. The van der Waals surface area contributed by atoms with Gasteiger partial charge < -0.3 is 16.6 Å². The maximum atomic E-state index is 10.9. The first-order chi connectivity index (χ1) is 6.75. The Kier molecular flexibility index (Phi) is 5.24. The smallest absolute Gasteiger partial charge is 0.339 e. The lowest BCUT2D eigenvalue weighted by atomic mass is 9.75. The summed E-state index contributed by atoms with van der Waals surface area (Å²) in [5, 5.41) is 8.93. The summed E-state index contributed by atoms with van der Waals surface area (Å²) in [6.45, 7) is 5.76. The number of nitrogens with two attached hydrogens (primary N) is 2. The van der Waals surface area contributed by atoms with Gasteiger partial charge in [0.15, 0.2) is 5.66 Å². The Morgan fingerprint density at radius 3 is 2.13 bits per heavy atom. The molecule has 0 unspecified atom stereocenters. The molecule has 0 aliphatic carbocycles. The Morgan fingerprint density at radius 2 is 1.73 bits per heavy atom. The second-order valence-corrected chi connectivity index (χ2v) is 4.87. The van der Waals surface area contributed by atoms with E-state index in [0.29, 0.717) is 0 Å². The molecule has 4 heteroatoms. The molecule has 0 aromatic rings. The Hall–Kier alpha value is -0.610. The minimum atomic E-state index is -1.64. The number of aliphatic carboxylic acids is 1. The lowest BCUT2D eigenvalue weighted by Crippen LogP contribution is -2.65. The first-order valence-corrected chi connectivity index (χ1v) is 5.57. The van der Waals surface area contributed by atoms with Crippen LogP contribution in [0.2, 0.25) is 0 Å². The average Bonchev–Trinajstić information content (AvgIpc) is 2.12. The van der Waals surface area contributed by atoms with E-state index >= 15 is 0 Å². The summed E-state index contributed by atoms with van der Waals surface area (Å²) in [4.78, 5) is 10.9. The van der Waals surface area contributed by atoms with Crippen molar-refractivity contribution in [2.45, 2.75) is 58.5 Å². The van der Waals surface area contributed by atoms with Crippen molar-refractivity contribution in [3.05, 3.63) is 0 Å². The maximum Gasteiger partial charge on any atom is 0.339 e.